The van der Waals surface area contributed by atoms with Crippen molar-refractivity contribution in [1.29, 1.82) is 0 Å². The second-order valence-electron chi connectivity index (χ2n) is 4.01. The van der Waals surface area contributed by atoms with Crippen molar-refractivity contribution in [2.75, 3.05) is 26.2 Å². The van der Waals surface area contributed by atoms with Gasteiger partial charge in [0.1, 0.15) is 0 Å². The highest BCUT2D eigenvalue weighted by Gasteiger charge is 2.05. The van der Waals surface area contributed by atoms with Crippen LogP contribution in [0.2, 0.25) is 0 Å². The Morgan fingerprint density at radius 3 is 2.69 bits per heavy atom. The molecule has 16 heavy (non-hydrogen) atoms. The van der Waals surface area contributed by atoms with E-state index in [1.54, 1.807) is 6.08 Å². The van der Waals surface area contributed by atoms with Crippen molar-refractivity contribution in [3.63, 3.8) is 0 Å². The van der Waals surface area contributed by atoms with Crippen molar-refractivity contribution in [3.05, 3.63) is 12.7 Å². The Labute approximate surface area is 97.9 Å². The summed E-state index contributed by atoms with van der Waals surface area (Å²) in [6.07, 6.45) is 3.15. The summed E-state index contributed by atoms with van der Waals surface area (Å²) in [4.78, 5) is 12.5. The van der Waals surface area contributed by atoms with Gasteiger partial charge in [0.2, 0.25) is 0 Å². The van der Waals surface area contributed by atoms with Crippen LogP contribution in [0.4, 0.5) is 0 Å². The molecule has 1 N–H and O–H groups in total. The molecule has 0 aromatic carbocycles. The number of hydrogen-bond acceptors (Lipinski definition) is 3. The monoisotopic (exact) mass is 229 g/mol. The van der Waals surface area contributed by atoms with E-state index >= 15 is 0 Å². The highest BCUT2D eigenvalue weighted by atomic mass is 16.5. The summed E-state index contributed by atoms with van der Waals surface area (Å²) in [5.74, 6) is -0.757. The molecule has 0 rings (SSSR count). The predicted molar refractivity (Wildman–Crippen MR) is 64.6 cm³/mol. The molecule has 0 aliphatic rings. The van der Waals surface area contributed by atoms with Crippen molar-refractivity contribution in [3.8, 4) is 0 Å². The fourth-order valence-corrected chi connectivity index (χ4v) is 1.34. The van der Waals surface area contributed by atoms with E-state index in [2.05, 4.69) is 11.5 Å². The predicted octanol–water partition coefficient (Wildman–Crippen LogP) is 1.76. The molecular weight excluding hydrogens is 206 g/mol. The van der Waals surface area contributed by atoms with E-state index in [4.69, 9.17) is 9.84 Å². The third kappa shape index (κ3) is 9.68. The number of carbonyl (C=O) groups is 1. The second kappa shape index (κ2) is 9.36. The topological polar surface area (TPSA) is 49.8 Å². The van der Waals surface area contributed by atoms with Crippen molar-refractivity contribution in [2.24, 2.45) is 0 Å². The average Bonchev–Trinajstić information content (AvgIpc) is 2.20. The first kappa shape index (κ1) is 15.1. The third-order valence-electron chi connectivity index (χ3n) is 2.10. The Hall–Kier alpha value is -0.870. The van der Waals surface area contributed by atoms with Crippen molar-refractivity contribution in [2.45, 2.75) is 32.8 Å². The number of ether oxygens (including phenoxy) is 1. The van der Waals surface area contributed by atoms with E-state index in [9.17, 15) is 4.79 Å². The highest BCUT2D eigenvalue weighted by Crippen LogP contribution is 1.97. The van der Waals surface area contributed by atoms with Gasteiger partial charge in [-0.1, -0.05) is 6.08 Å². The fourth-order valence-electron chi connectivity index (χ4n) is 1.34. The van der Waals surface area contributed by atoms with Crippen LogP contribution in [0.5, 0.6) is 0 Å². The van der Waals surface area contributed by atoms with Crippen LogP contribution < -0.4 is 0 Å². The molecule has 0 radical (unpaired) electrons. The Morgan fingerprint density at radius 2 is 2.19 bits per heavy atom. The fraction of sp³-hybridized carbons (Fsp3) is 0.750. The van der Waals surface area contributed by atoms with Gasteiger partial charge in [-0.2, -0.15) is 0 Å². The SMILES string of the molecule is C=CCN(CCCOC(C)C)CCC(=O)O. The molecule has 4 heteroatoms. The number of carboxylic acid groups (broad SMARTS) is 1. The van der Waals surface area contributed by atoms with E-state index in [0.29, 0.717) is 6.54 Å². The Morgan fingerprint density at radius 1 is 1.50 bits per heavy atom. The molecule has 0 aliphatic carbocycles. The first-order valence-electron chi connectivity index (χ1n) is 5.73. The molecule has 0 aliphatic heterocycles. The maximum absolute atomic E-state index is 10.5. The maximum Gasteiger partial charge on any atom is 0.304 e. The van der Waals surface area contributed by atoms with E-state index < -0.39 is 5.97 Å². The summed E-state index contributed by atoms with van der Waals surface area (Å²) in [6.45, 7) is 10.6. The molecule has 0 saturated carbocycles. The molecule has 0 aromatic heterocycles. The molecule has 0 saturated heterocycles. The zero-order valence-electron chi connectivity index (χ0n) is 10.3. The standard InChI is InChI=1S/C12H23NO3/c1-4-7-13(9-6-12(14)15)8-5-10-16-11(2)3/h4,11H,1,5-10H2,2-3H3,(H,14,15). The molecule has 0 unspecified atom stereocenters. The van der Waals surface area contributed by atoms with Gasteiger partial charge in [0.25, 0.3) is 0 Å². The van der Waals surface area contributed by atoms with Gasteiger partial charge in [0.15, 0.2) is 0 Å². The van der Waals surface area contributed by atoms with Crippen LogP contribution in [0, 0.1) is 0 Å². The van der Waals surface area contributed by atoms with Gasteiger partial charge in [0.05, 0.1) is 12.5 Å². The van der Waals surface area contributed by atoms with Crippen molar-refractivity contribution in [1.82, 2.24) is 4.90 Å². The van der Waals surface area contributed by atoms with Gasteiger partial charge in [-0.15, -0.1) is 6.58 Å². The van der Waals surface area contributed by atoms with Crippen LogP contribution in [0.1, 0.15) is 26.7 Å². The van der Waals surface area contributed by atoms with E-state index in [1.807, 2.05) is 13.8 Å². The minimum atomic E-state index is -0.757. The van der Waals surface area contributed by atoms with Crippen molar-refractivity contribution >= 4 is 5.97 Å². The number of carboxylic acids is 1. The lowest BCUT2D eigenvalue weighted by atomic mass is 10.3. The zero-order chi connectivity index (χ0) is 12.4. The van der Waals surface area contributed by atoms with E-state index in [1.165, 1.54) is 0 Å². The summed E-state index contributed by atoms with van der Waals surface area (Å²) in [6, 6.07) is 0. The molecule has 0 fully saturated rings. The van der Waals surface area contributed by atoms with Crippen LogP contribution in [-0.2, 0) is 9.53 Å². The lowest BCUT2D eigenvalue weighted by Crippen LogP contribution is -2.28. The molecular formula is C12H23NO3. The van der Waals surface area contributed by atoms with Crippen LogP contribution >= 0.6 is 0 Å². The van der Waals surface area contributed by atoms with Crippen LogP contribution in [0.15, 0.2) is 12.7 Å². The molecule has 0 atom stereocenters. The van der Waals surface area contributed by atoms with E-state index in [0.717, 1.165) is 26.1 Å². The number of rotatable bonds is 10. The van der Waals surface area contributed by atoms with Gasteiger partial charge < -0.3 is 9.84 Å². The summed E-state index contributed by atoms with van der Waals surface area (Å²) < 4.78 is 5.43. The van der Waals surface area contributed by atoms with E-state index in [-0.39, 0.29) is 12.5 Å². The molecule has 0 heterocycles. The van der Waals surface area contributed by atoms with Crippen LogP contribution in [-0.4, -0.2) is 48.3 Å². The first-order valence-corrected chi connectivity index (χ1v) is 5.73. The summed E-state index contributed by atoms with van der Waals surface area (Å²) in [5, 5.41) is 8.60. The summed E-state index contributed by atoms with van der Waals surface area (Å²) in [5.41, 5.74) is 0. The molecule has 94 valence electrons. The van der Waals surface area contributed by atoms with Crippen molar-refractivity contribution < 1.29 is 14.6 Å². The molecule has 4 nitrogen and oxygen atoms in total. The minimum absolute atomic E-state index is 0.179. The first-order chi connectivity index (χ1) is 7.56. The third-order valence-corrected chi connectivity index (χ3v) is 2.10. The Kier molecular flexibility index (Phi) is 8.85. The lowest BCUT2D eigenvalue weighted by Gasteiger charge is -2.19. The summed E-state index contributed by atoms with van der Waals surface area (Å²) >= 11 is 0. The van der Waals surface area contributed by atoms with Gasteiger partial charge in [0, 0.05) is 26.2 Å². The van der Waals surface area contributed by atoms with Crippen LogP contribution in [0.3, 0.4) is 0 Å². The molecule has 0 bridgehead atoms. The molecule has 0 amide bonds. The Balaban J connectivity index is 3.66. The number of aliphatic carboxylic acids is 1. The van der Waals surface area contributed by atoms with Gasteiger partial charge in [-0.05, 0) is 20.3 Å². The largest absolute Gasteiger partial charge is 0.481 e. The van der Waals surface area contributed by atoms with Gasteiger partial charge in [-0.3, -0.25) is 9.69 Å². The average molecular weight is 229 g/mol. The van der Waals surface area contributed by atoms with Gasteiger partial charge >= 0.3 is 5.97 Å². The lowest BCUT2D eigenvalue weighted by molar-refractivity contribution is -0.137. The molecule has 0 aromatic rings. The normalized spacial score (nSPS) is 11.0. The zero-order valence-corrected chi connectivity index (χ0v) is 10.3. The summed E-state index contributed by atoms with van der Waals surface area (Å²) in [7, 11) is 0. The van der Waals surface area contributed by atoms with Crippen LogP contribution in [0.25, 0.3) is 0 Å². The number of nitrogens with zero attached hydrogens (tertiary/aromatic N) is 1. The minimum Gasteiger partial charge on any atom is -0.481 e. The van der Waals surface area contributed by atoms with Gasteiger partial charge in [-0.25, -0.2) is 0 Å². The Bertz CT molecular complexity index is 204. The quantitative estimate of drug-likeness (QED) is 0.458. The number of hydrogen-bond donors (Lipinski definition) is 1. The smallest absolute Gasteiger partial charge is 0.304 e. The molecule has 0 spiro atoms. The maximum atomic E-state index is 10.5. The second-order valence-corrected chi connectivity index (χ2v) is 4.01. The highest BCUT2D eigenvalue weighted by molar-refractivity contribution is 5.66.